The minimum atomic E-state index is -2.93. The molecule has 0 atom stereocenters. The lowest BCUT2D eigenvalue weighted by atomic mass is 9.80. The Morgan fingerprint density at radius 1 is 1.11 bits per heavy atom. The predicted octanol–water partition coefficient (Wildman–Crippen LogP) is 1.75. The van der Waals surface area contributed by atoms with Gasteiger partial charge in [-0.15, -0.1) is 0 Å². The number of hydrogen-bond acceptors (Lipinski definition) is 4. The number of rotatable bonds is 9. The van der Waals surface area contributed by atoms with Crippen LogP contribution in [0.3, 0.4) is 0 Å². The van der Waals surface area contributed by atoms with E-state index in [-0.39, 0.29) is 11.3 Å². The average molecular weight is 292 g/mol. The molecule has 0 aliphatic rings. The second-order valence-corrected chi connectivity index (χ2v) is 8.94. The van der Waals surface area contributed by atoms with E-state index in [4.69, 9.17) is 5.73 Å². The molecule has 0 fully saturated rings. The molecule has 0 amide bonds. The Morgan fingerprint density at radius 2 is 1.53 bits per heavy atom. The van der Waals surface area contributed by atoms with Crippen LogP contribution in [0.2, 0.25) is 0 Å². The van der Waals surface area contributed by atoms with Crippen LogP contribution >= 0.6 is 0 Å². The lowest BCUT2D eigenvalue weighted by Crippen LogP contribution is -2.54. The van der Waals surface area contributed by atoms with Crippen molar-refractivity contribution in [1.82, 2.24) is 4.90 Å². The molecule has 0 spiro atoms. The molecule has 0 heterocycles. The molecule has 0 aliphatic heterocycles. The zero-order chi connectivity index (χ0) is 15.3. The van der Waals surface area contributed by atoms with Crippen LogP contribution in [-0.4, -0.2) is 51.0 Å². The van der Waals surface area contributed by atoms with Crippen molar-refractivity contribution in [1.29, 1.82) is 0 Å². The van der Waals surface area contributed by atoms with Gasteiger partial charge in [-0.1, -0.05) is 27.7 Å². The maximum atomic E-state index is 11.3. The maximum absolute atomic E-state index is 11.3. The fourth-order valence-electron chi connectivity index (χ4n) is 2.78. The monoisotopic (exact) mass is 292 g/mol. The first kappa shape index (κ1) is 18.9. The van der Waals surface area contributed by atoms with Gasteiger partial charge in [0.25, 0.3) is 0 Å². The highest BCUT2D eigenvalue weighted by atomic mass is 32.2. The largest absolute Gasteiger partial charge is 0.329 e. The van der Waals surface area contributed by atoms with Crippen molar-refractivity contribution in [3.05, 3.63) is 0 Å². The number of nitrogens with two attached hydrogens (primary N) is 1. The highest BCUT2D eigenvalue weighted by molar-refractivity contribution is 7.90. The minimum Gasteiger partial charge on any atom is -0.329 e. The van der Waals surface area contributed by atoms with E-state index < -0.39 is 9.84 Å². The molecule has 0 rings (SSSR count). The van der Waals surface area contributed by atoms with Gasteiger partial charge in [0.1, 0.15) is 9.84 Å². The lowest BCUT2D eigenvalue weighted by Gasteiger charge is -2.44. The van der Waals surface area contributed by atoms with E-state index in [0.29, 0.717) is 24.9 Å². The van der Waals surface area contributed by atoms with Crippen molar-refractivity contribution in [3.8, 4) is 0 Å². The van der Waals surface area contributed by atoms with E-state index >= 15 is 0 Å². The summed E-state index contributed by atoms with van der Waals surface area (Å²) in [6.45, 7) is 9.88. The van der Waals surface area contributed by atoms with Gasteiger partial charge in [-0.25, -0.2) is 8.42 Å². The van der Waals surface area contributed by atoms with E-state index in [0.717, 1.165) is 12.8 Å². The van der Waals surface area contributed by atoms with Crippen molar-refractivity contribution < 1.29 is 8.42 Å². The third-order valence-electron chi connectivity index (χ3n) is 3.56. The molecule has 19 heavy (non-hydrogen) atoms. The molecular formula is C14H32N2O2S. The van der Waals surface area contributed by atoms with Gasteiger partial charge >= 0.3 is 0 Å². The lowest BCUT2D eigenvalue weighted by molar-refractivity contribution is 0.0840. The Labute approximate surface area is 119 Å². The third kappa shape index (κ3) is 7.28. The second-order valence-electron chi connectivity index (χ2n) is 6.68. The molecule has 0 saturated heterocycles. The SMILES string of the molecule is CC(C)CC(CN)(CC(C)C)N(C)CCS(C)(=O)=O. The van der Waals surface area contributed by atoms with Gasteiger partial charge in [0.15, 0.2) is 0 Å². The molecule has 0 bridgehead atoms. The van der Waals surface area contributed by atoms with E-state index in [1.165, 1.54) is 6.26 Å². The van der Waals surface area contributed by atoms with Crippen LogP contribution in [0, 0.1) is 11.8 Å². The number of hydrogen-bond donors (Lipinski definition) is 1. The summed E-state index contributed by atoms with van der Waals surface area (Å²) in [5, 5.41) is 0. The van der Waals surface area contributed by atoms with Gasteiger partial charge in [0, 0.05) is 24.9 Å². The van der Waals surface area contributed by atoms with Gasteiger partial charge in [-0.05, 0) is 31.7 Å². The normalized spacial score (nSPS) is 13.8. The molecule has 0 aliphatic carbocycles. The molecule has 2 N–H and O–H groups in total. The van der Waals surface area contributed by atoms with Gasteiger partial charge in [-0.3, -0.25) is 4.90 Å². The van der Waals surface area contributed by atoms with Crippen LogP contribution in [0.25, 0.3) is 0 Å². The molecule has 0 unspecified atom stereocenters. The molecule has 5 heteroatoms. The summed E-state index contributed by atoms with van der Waals surface area (Å²) in [5.74, 6) is 1.28. The van der Waals surface area contributed by atoms with Crippen molar-refractivity contribution in [3.63, 3.8) is 0 Å². The van der Waals surface area contributed by atoms with Crippen LogP contribution in [0.15, 0.2) is 0 Å². The van der Waals surface area contributed by atoms with E-state index in [9.17, 15) is 8.42 Å². The van der Waals surface area contributed by atoms with Crippen molar-refractivity contribution in [2.75, 3.05) is 32.1 Å². The Bertz CT molecular complexity index is 340. The van der Waals surface area contributed by atoms with Gasteiger partial charge in [0.2, 0.25) is 0 Å². The Balaban J connectivity index is 4.97. The second kappa shape index (κ2) is 7.60. The molecule has 0 aromatic carbocycles. The molecular weight excluding hydrogens is 260 g/mol. The molecule has 0 aromatic heterocycles. The Kier molecular flexibility index (Phi) is 7.55. The first-order valence-electron chi connectivity index (χ1n) is 7.11. The first-order valence-corrected chi connectivity index (χ1v) is 9.17. The molecule has 116 valence electrons. The third-order valence-corrected chi connectivity index (χ3v) is 4.49. The fourth-order valence-corrected chi connectivity index (χ4v) is 3.38. The first-order chi connectivity index (χ1) is 8.52. The van der Waals surface area contributed by atoms with Crippen LogP contribution in [0.1, 0.15) is 40.5 Å². The maximum Gasteiger partial charge on any atom is 0.148 e. The average Bonchev–Trinajstić information content (AvgIpc) is 2.22. The Hall–Kier alpha value is -0.130. The zero-order valence-electron chi connectivity index (χ0n) is 13.4. The highest BCUT2D eigenvalue weighted by Gasteiger charge is 2.34. The molecule has 4 nitrogen and oxygen atoms in total. The van der Waals surface area contributed by atoms with Crippen molar-refractivity contribution >= 4 is 9.84 Å². The standard InChI is InChI=1S/C14H32N2O2S/c1-12(2)9-14(11-15,10-13(3)4)16(5)7-8-19(6,17)18/h12-13H,7-11,15H2,1-6H3. The summed E-state index contributed by atoms with van der Waals surface area (Å²) in [6, 6.07) is 0. The fraction of sp³-hybridized carbons (Fsp3) is 1.00. The summed E-state index contributed by atoms with van der Waals surface area (Å²) in [6.07, 6.45) is 3.29. The molecule has 0 aromatic rings. The van der Waals surface area contributed by atoms with E-state index in [1.807, 2.05) is 7.05 Å². The summed E-state index contributed by atoms with van der Waals surface area (Å²) >= 11 is 0. The number of nitrogens with zero attached hydrogens (tertiary/aromatic N) is 1. The predicted molar refractivity (Wildman–Crippen MR) is 83.0 cm³/mol. The number of sulfone groups is 1. The zero-order valence-corrected chi connectivity index (χ0v) is 14.3. The number of likely N-dealkylation sites (N-methyl/N-ethyl adjacent to an activating group) is 1. The van der Waals surface area contributed by atoms with Crippen molar-refractivity contribution in [2.45, 2.75) is 46.1 Å². The van der Waals surface area contributed by atoms with E-state index in [2.05, 4.69) is 32.6 Å². The summed E-state index contributed by atoms with van der Waals surface area (Å²) in [7, 11) is -0.924. The van der Waals surface area contributed by atoms with Crippen LogP contribution in [0.5, 0.6) is 0 Å². The van der Waals surface area contributed by atoms with Gasteiger partial charge < -0.3 is 5.73 Å². The van der Waals surface area contributed by atoms with Crippen LogP contribution in [0.4, 0.5) is 0 Å². The molecule has 0 radical (unpaired) electrons. The van der Waals surface area contributed by atoms with Crippen LogP contribution in [-0.2, 0) is 9.84 Å². The van der Waals surface area contributed by atoms with Crippen molar-refractivity contribution in [2.24, 2.45) is 17.6 Å². The summed E-state index contributed by atoms with van der Waals surface area (Å²) in [4.78, 5) is 2.16. The quantitative estimate of drug-likeness (QED) is 0.703. The Morgan fingerprint density at radius 3 is 1.79 bits per heavy atom. The summed E-state index contributed by atoms with van der Waals surface area (Å²) in [5.41, 5.74) is 5.96. The molecule has 0 saturated carbocycles. The highest BCUT2D eigenvalue weighted by Crippen LogP contribution is 2.29. The summed E-state index contributed by atoms with van der Waals surface area (Å²) < 4.78 is 22.7. The van der Waals surface area contributed by atoms with Crippen LogP contribution < -0.4 is 5.73 Å². The topological polar surface area (TPSA) is 63.4 Å². The minimum absolute atomic E-state index is 0.0903. The van der Waals surface area contributed by atoms with Gasteiger partial charge in [0.05, 0.1) is 5.75 Å². The smallest absolute Gasteiger partial charge is 0.148 e. The van der Waals surface area contributed by atoms with E-state index in [1.54, 1.807) is 0 Å². The van der Waals surface area contributed by atoms with Gasteiger partial charge in [-0.2, -0.15) is 0 Å².